The molecule has 0 unspecified atom stereocenters. The second kappa shape index (κ2) is 9.80. The van der Waals surface area contributed by atoms with Crippen molar-refractivity contribution in [3.63, 3.8) is 0 Å². The summed E-state index contributed by atoms with van der Waals surface area (Å²) in [5, 5.41) is 2.77. The molecule has 0 radical (unpaired) electrons. The zero-order chi connectivity index (χ0) is 19.8. The van der Waals surface area contributed by atoms with Gasteiger partial charge in [0.05, 0.1) is 0 Å². The van der Waals surface area contributed by atoms with Gasteiger partial charge < -0.3 is 10.2 Å². The van der Waals surface area contributed by atoms with E-state index in [1.165, 1.54) is 5.56 Å². The third-order valence-corrected chi connectivity index (χ3v) is 4.63. The van der Waals surface area contributed by atoms with Crippen LogP contribution in [0.1, 0.15) is 21.9 Å². The lowest BCUT2D eigenvalue weighted by molar-refractivity contribution is 0.0952. The van der Waals surface area contributed by atoms with E-state index in [0.29, 0.717) is 18.1 Å². The molecule has 1 saturated heterocycles. The highest BCUT2D eigenvalue weighted by Crippen LogP contribution is 2.15. The fourth-order valence-corrected chi connectivity index (χ4v) is 3.15. The molecule has 0 bridgehead atoms. The van der Waals surface area contributed by atoms with Crippen LogP contribution in [0.4, 0.5) is 5.82 Å². The molecule has 2 heterocycles. The van der Waals surface area contributed by atoms with Gasteiger partial charge in [-0.1, -0.05) is 48.6 Å². The minimum Gasteiger partial charge on any atom is -0.354 e. The third-order valence-electron chi connectivity index (χ3n) is 4.63. The Morgan fingerprint density at radius 2 is 1.93 bits per heavy atom. The lowest BCUT2D eigenvalue weighted by Gasteiger charge is -2.35. The van der Waals surface area contributed by atoms with E-state index in [1.54, 1.807) is 12.1 Å². The number of hydrogen-bond acceptors (Lipinski definition) is 5. The number of hydrogen-bond donors (Lipinski definition) is 1. The van der Waals surface area contributed by atoms with Crippen LogP contribution in [-0.4, -0.2) is 60.0 Å². The second-order valence-corrected chi connectivity index (χ2v) is 6.76. The molecule has 1 aromatic heterocycles. The predicted molar refractivity (Wildman–Crippen MR) is 113 cm³/mol. The number of rotatable bonds is 7. The van der Waals surface area contributed by atoms with Crippen molar-refractivity contribution in [1.82, 2.24) is 20.2 Å². The molecule has 0 atom stereocenters. The minimum atomic E-state index is -0.198. The molecule has 1 aromatic carbocycles. The van der Waals surface area contributed by atoms with E-state index in [9.17, 15) is 4.79 Å². The normalized spacial score (nSPS) is 15.0. The van der Waals surface area contributed by atoms with E-state index in [1.807, 2.05) is 25.1 Å². The SMILES string of the molecule is C=CCNC(=O)c1cc(N2CCN(C/C=C/c3ccccc3)CC2)nc(C)n1. The Labute approximate surface area is 166 Å². The Morgan fingerprint density at radius 1 is 1.18 bits per heavy atom. The zero-order valence-corrected chi connectivity index (χ0v) is 16.3. The van der Waals surface area contributed by atoms with E-state index in [4.69, 9.17) is 0 Å². The molecule has 1 N–H and O–H groups in total. The molecule has 146 valence electrons. The molecule has 3 rings (SSSR count). The number of anilines is 1. The van der Waals surface area contributed by atoms with Gasteiger partial charge in [0.1, 0.15) is 17.3 Å². The van der Waals surface area contributed by atoms with Crippen molar-refractivity contribution in [2.45, 2.75) is 6.92 Å². The first-order chi connectivity index (χ1) is 13.7. The summed E-state index contributed by atoms with van der Waals surface area (Å²) >= 11 is 0. The molecule has 6 heteroatoms. The Bertz CT molecular complexity index is 826. The van der Waals surface area contributed by atoms with Gasteiger partial charge in [0.15, 0.2) is 0 Å². The van der Waals surface area contributed by atoms with Gasteiger partial charge in [0.25, 0.3) is 5.91 Å². The molecule has 1 amide bonds. The van der Waals surface area contributed by atoms with Gasteiger partial charge >= 0.3 is 0 Å². The van der Waals surface area contributed by atoms with Gasteiger partial charge in [-0.25, -0.2) is 9.97 Å². The summed E-state index contributed by atoms with van der Waals surface area (Å²) in [6.07, 6.45) is 6.02. The van der Waals surface area contributed by atoms with Crippen molar-refractivity contribution >= 4 is 17.8 Å². The zero-order valence-electron chi connectivity index (χ0n) is 16.3. The predicted octanol–water partition coefficient (Wildman–Crippen LogP) is 2.54. The van der Waals surface area contributed by atoms with Crippen LogP contribution in [0.5, 0.6) is 0 Å². The van der Waals surface area contributed by atoms with Crippen molar-refractivity contribution in [3.8, 4) is 0 Å². The van der Waals surface area contributed by atoms with E-state index < -0.39 is 0 Å². The van der Waals surface area contributed by atoms with Gasteiger partial charge in [-0.15, -0.1) is 6.58 Å². The molecule has 28 heavy (non-hydrogen) atoms. The maximum atomic E-state index is 12.2. The summed E-state index contributed by atoms with van der Waals surface area (Å²) in [6.45, 7) is 10.5. The molecule has 0 spiro atoms. The van der Waals surface area contributed by atoms with Crippen molar-refractivity contribution in [2.24, 2.45) is 0 Å². The van der Waals surface area contributed by atoms with Crippen LogP contribution in [0, 0.1) is 6.92 Å². The van der Waals surface area contributed by atoms with Gasteiger partial charge in [-0.3, -0.25) is 9.69 Å². The standard InChI is InChI=1S/C22H27N5O/c1-3-11-23-22(28)20-17-21(25-18(2)24-20)27-15-13-26(14-16-27)12-7-10-19-8-5-4-6-9-19/h3-10,17H,1,11-16H2,2H3,(H,23,28)/b10-7+. The van der Waals surface area contributed by atoms with Crippen LogP contribution in [0.2, 0.25) is 0 Å². The number of aromatic nitrogens is 2. The van der Waals surface area contributed by atoms with Gasteiger partial charge in [0, 0.05) is 45.3 Å². The molecular weight excluding hydrogens is 350 g/mol. The van der Waals surface area contributed by atoms with Crippen molar-refractivity contribution in [1.29, 1.82) is 0 Å². The lowest BCUT2D eigenvalue weighted by atomic mass is 10.2. The van der Waals surface area contributed by atoms with Crippen molar-refractivity contribution in [3.05, 3.63) is 72.2 Å². The maximum Gasteiger partial charge on any atom is 0.270 e. The molecule has 2 aromatic rings. The second-order valence-electron chi connectivity index (χ2n) is 6.76. The fraction of sp³-hybridized carbons (Fsp3) is 0.318. The van der Waals surface area contributed by atoms with Gasteiger partial charge in [-0.05, 0) is 12.5 Å². The van der Waals surface area contributed by atoms with Gasteiger partial charge in [-0.2, -0.15) is 0 Å². The van der Waals surface area contributed by atoms with Crippen LogP contribution in [0.3, 0.4) is 0 Å². The number of carbonyl (C=O) groups excluding carboxylic acids is 1. The van der Waals surface area contributed by atoms with Crippen molar-refractivity contribution < 1.29 is 4.79 Å². The van der Waals surface area contributed by atoms with E-state index >= 15 is 0 Å². The number of amides is 1. The highest BCUT2D eigenvalue weighted by Gasteiger charge is 2.19. The Morgan fingerprint density at radius 3 is 2.64 bits per heavy atom. The molecule has 0 saturated carbocycles. The number of nitrogens with one attached hydrogen (secondary N) is 1. The number of benzene rings is 1. The summed E-state index contributed by atoms with van der Waals surface area (Å²) in [5.41, 5.74) is 1.62. The lowest BCUT2D eigenvalue weighted by Crippen LogP contribution is -2.46. The van der Waals surface area contributed by atoms with Crippen LogP contribution in [-0.2, 0) is 0 Å². The fourth-order valence-electron chi connectivity index (χ4n) is 3.15. The minimum absolute atomic E-state index is 0.198. The van der Waals surface area contributed by atoms with Crippen LogP contribution in [0.25, 0.3) is 6.08 Å². The van der Waals surface area contributed by atoms with Gasteiger partial charge in [0.2, 0.25) is 0 Å². The summed E-state index contributed by atoms with van der Waals surface area (Å²) in [6, 6.07) is 12.1. The monoisotopic (exact) mass is 377 g/mol. The largest absolute Gasteiger partial charge is 0.354 e. The van der Waals surface area contributed by atoms with E-state index in [0.717, 1.165) is 38.5 Å². The Kier molecular flexibility index (Phi) is 6.92. The average molecular weight is 377 g/mol. The van der Waals surface area contributed by atoms with Crippen molar-refractivity contribution in [2.75, 3.05) is 44.2 Å². The molecule has 1 aliphatic heterocycles. The summed E-state index contributed by atoms with van der Waals surface area (Å²) in [4.78, 5) is 25.6. The number of aryl methyl sites for hydroxylation is 1. The molecular formula is C22H27N5O. The maximum absolute atomic E-state index is 12.2. The summed E-state index contributed by atoms with van der Waals surface area (Å²) in [7, 11) is 0. The first kappa shape index (κ1) is 19.8. The Hall–Kier alpha value is -2.99. The van der Waals surface area contributed by atoms with Crippen LogP contribution < -0.4 is 10.2 Å². The highest BCUT2D eigenvalue weighted by atomic mass is 16.1. The first-order valence-corrected chi connectivity index (χ1v) is 9.59. The molecule has 1 fully saturated rings. The Balaban J connectivity index is 1.55. The number of carbonyl (C=O) groups is 1. The summed E-state index contributed by atoms with van der Waals surface area (Å²) in [5.74, 6) is 1.22. The molecule has 6 nitrogen and oxygen atoms in total. The van der Waals surface area contributed by atoms with Crippen LogP contribution in [0.15, 0.2) is 55.1 Å². The quantitative estimate of drug-likeness (QED) is 0.752. The molecule has 0 aliphatic carbocycles. The summed E-state index contributed by atoms with van der Waals surface area (Å²) < 4.78 is 0. The number of nitrogens with zero attached hydrogens (tertiary/aromatic N) is 4. The van der Waals surface area contributed by atoms with Crippen LogP contribution >= 0.6 is 0 Å². The highest BCUT2D eigenvalue weighted by molar-refractivity contribution is 5.93. The molecule has 1 aliphatic rings. The first-order valence-electron chi connectivity index (χ1n) is 9.59. The smallest absolute Gasteiger partial charge is 0.270 e. The third kappa shape index (κ3) is 5.50. The number of piperazine rings is 1. The average Bonchev–Trinajstić information content (AvgIpc) is 2.73. The van der Waals surface area contributed by atoms with E-state index in [2.05, 4.69) is 55.9 Å². The van der Waals surface area contributed by atoms with E-state index in [-0.39, 0.29) is 5.91 Å². The topological polar surface area (TPSA) is 61.4 Å².